The quantitative estimate of drug-likeness (QED) is 0.351. The van der Waals surface area contributed by atoms with Crippen molar-refractivity contribution in [3.63, 3.8) is 0 Å². The van der Waals surface area contributed by atoms with Crippen LogP contribution in [-0.2, 0) is 11.3 Å². The van der Waals surface area contributed by atoms with E-state index in [1.54, 1.807) is 0 Å². The third kappa shape index (κ3) is 9.20. The highest BCUT2D eigenvalue weighted by molar-refractivity contribution is 14.0. The summed E-state index contributed by atoms with van der Waals surface area (Å²) in [5.41, 5.74) is 1.26. The summed E-state index contributed by atoms with van der Waals surface area (Å²) in [6.07, 6.45) is -4.41. The molecule has 0 radical (unpaired) electrons. The van der Waals surface area contributed by atoms with Gasteiger partial charge in [-0.1, -0.05) is 30.3 Å². The van der Waals surface area contributed by atoms with E-state index < -0.39 is 18.6 Å². The molecule has 0 spiro atoms. The summed E-state index contributed by atoms with van der Waals surface area (Å²) in [6.45, 7) is 5.02. The van der Waals surface area contributed by atoms with Crippen LogP contribution in [0.1, 0.15) is 12.5 Å². The second kappa shape index (κ2) is 12.2. The monoisotopic (exact) mass is 527 g/mol. The highest BCUT2D eigenvalue weighted by Crippen LogP contribution is 2.15. The van der Waals surface area contributed by atoms with Crippen LogP contribution in [0, 0.1) is 0 Å². The van der Waals surface area contributed by atoms with Crippen LogP contribution < -0.4 is 5.32 Å². The van der Waals surface area contributed by atoms with Crippen molar-refractivity contribution in [3.8, 4) is 0 Å². The number of likely N-dealkylation sites (N-methyl/N-ethyl adjacent to an activating group) is 1. The third-order valence-corrected chi connectivity index (χ3v) is 4.46. The molecule has 1 saturated heterocycles. The van der Waals surface area contributed by atoms with Crippen molar-refractivity contribution in [2.24, 2.45) is 4.99 Å². The number of guanidine groups is 1. The Hall–Kier alpha value is -1.56. The van der Waals surface area contributed by atoms with Gasteiger partial charge in [0, 0.05) is 46.3 Å². The molecule has 1 aromatic rings. The summed E-state index contributed by atoms with van der Waals surface area (Å²) in [5, 5.41) is 3.12. The second-order valence-electron chi connectivity index (χ2n) is 6.78. The van der Waals surface area contributed by atoms with E-state index in [2.05, 4.69) is 27.3 Å². The van der Waals surface area contributed by atoms with E-state index in [9.17, 15) is 18.0 Å². The van der Waals surface area contributed by atoms with Crippen LogP contribution in [0.3, 0.4) is 0 Å². The van der Waals surface area contributed by atoms with Crippen LogP contribution >= 0.6 is 24.0 Å². The van der Waals surface area contributed by atoms with E-state index in [-0.39, 0.29) is 30.5 Å². The largest absolute Gasteiger partial charge is 0.406 e. The van der Waals surface area contributed by atoms with Gasteiger partial charge in [-0.2, -0.15) is 13.2 Å². The highest BCUT2D eigenvalue weighted by Gasteiger charge is 2.31. The molecule has 164 valence electrons. The molecule has 1 fully saturated rings. The zero-order chi connectivity index (χ0) is 20.6. The third-order valence-electron chi connectivity index (χ3n) is 4.46. The first-order valence-electron chi connectivity index (χ1n) is 9.38. The number of aliphatic imine (C=N–C) groups is 1. The lowest BCUT2D eigenvalue weighted by Crippen LogP contribution is -2.52. The van der Waals surface area contributed by atoms with Crippen LogP contribution in [0.5, 0.6) is 0 Å². The van der Waals surface area contributed by atoms with E-state index in [4.69, 9.17) is 0 Å². The average molecular weight is 527 g/mol. The average Bonchev–Trinajstić information content (AvgIpc) is 2.65. The number of piperazine rings is 1. The van der Waals surface area contributed by atoms with Crippen molar-refractivity contribution in [1.29, 1.82) is 0 Å². The Bertz CT molecular complexity index is 649. The Morgan fingerprint density at radius 2 is 1.79 bits per heavy atom. The minimum absolute atomic E-state index is 0. The smallest absolute Gasteiger partial charge is 0.357 e. The lowest BCUT2D eigenvalue weighted by molar-refractivity contribution is -0.157. The van der Waals surface area contributed by atoms with Crippen LogP contribution in [0.25, 0.3) is 0 Å². The fourth-order valence-corrected chi connectivity index (χ4v) is 3.01. The van der Waals surface area contributed by atoms with E-state index in [1.807, 2.05) is 30.0 Å². The van der Waals surface area contributed by atoms with Crippen LogP contribution in [0.4, 0.5) is 13.2 Å². The van der Waals surface area contributed by atoms with Crippen LogP contribution in [-0.4, -0.2) is 85.6 Å². The van der Waals surface area contributed by atoms with Gasteiger partial charge in [0.05, 0.1) is 0 Å². The molecule has 1 amide bonds. The molecule has 0 saturated carbocycles. The number of hydrogen-bond acceptors (Lipinski definition) is 3. The molecule has 0 aliphatic carbocycles. The number of benzene rings is 1. The van der Waals surface area contributed by atoms with E-state index in [0.717, 1.165) is 39.8 Å². The molecule has 0 aromatic heterocycles. The second-order valence-corrected chi connectivity index (χ2v) is 6.78. The highest BCUT2D eigenvalue weighted by atomic mass is 127. The fraction of sp³-hybridized carbons (Fsp3) is 0.579. The number of halogens is 4. The van der Waals surface area contributed by atoms with Crippen LogP contribution in [0.2, 0.25) is 0 Å². The minimum Gasteiger partial charge on any atom is -0.357 e. The van der Waals surface area contributed by atoms with E-state index >= 15 is 0 Å². The van der Waals surface area contributed by atoms with Crippen molar-refractivity contribution in [1.82, 2.24) is 20.0 Å². The summed E-state index contributed by atoms with van der Waals surface area (Å²) in [5.74, 6) is -0.0916. The van der Waals surface area contributed by atoms with Gasteiger partial charge in [-0.15, -0.1) is 24.0 Å². The van der Waals surface area contributed by atoms with Gasteiger partial charge < -0.3 is 15.1 Å². The standard InChI is InChI=1S/C19H28F3N5O.HI/c1-3-23-18(24-13-17(28)25(2)15-19(20,21)22)27-11-9-26(10-12-27)14-16-7-5-4-6-8-16;/h4-8H,3,9-15H2,1-2H3,(H,23,24);1H. The molecule has 0 bridgehead atoms. The van der Waals surface area contributed by atoms with Gasteiger partial charge in [0.25, 0.3) is 0 Å². The molecule has 1 aromatic carbocycles. The summed E-state index contributed by atoms with van der Waals surface area (Å²) in [4.78, 5) is 21.2. The van der Waals surface area contributed by atoms with E-state index in [0.29, 0.717) is 17.4 Å². The molecular weight excluding hydrogens is 498 g/mol. The van der Waals surface area contributed by atoms with E-state index in [1.165, 1.54) is 5.56 Å². The van der Waals surface area contributed by atoms with Gasteiger partial charge in [0.15, 0.2) is 5.96 Å². The van der Waals surface area contributed by atoms with Gasteiger partial charge in [0.1, 0.15) is 13.1 Å². The molecular formula is C19H29F3IN5O. The van der Waals surface area contributed by atoms with Crippen molar-refractivity contribution in [2.75, 3.05) is 52.9 Å². The number of carbonyl (C=O) groups is 1. The molecule has 0 atom stereocenters. The van der Waals surface area contributed by atoms with Gasteiger partial charge in [0.2, 0.25) is 5.91 Å². The number of carbonyl (C=O) groups excluding carboxylic acids is 1. The van der Waals surface area contributed by atoms with Gasteiger partial charge >= 0.3 is 6.18 Å². The Kier molecular flexibility index (Phi) is 10.7. The number of nitrogens with zero attached hydrogens (tertiary/aromatic N) is 4. The number of amides is 1. The summed E-state index contributed by atoms with van der Waals surface area (Å²) < 4.78 is 37.2. The van der Waals surface area contributed by atoms with Gasteiger partial charge in [-0.25, -0.2) is 4.99 Å². The fourth-order valence-electron chi connectivity index (χ4n) is 3.01. The van der Waals surface area contributed by atoms with Crippen molar-refractivity contribution < 1.29 is 18.0 Å². The lowest BCUT2D eigenvalue weighted by Gasteiger charge is -2.36. The minimum atomic E-state index is -4.41. The van der Waals surface area contributed by atoms with Crippen molar-refractivity contribution in [2.45, 2.75) is 19.6 Å². The maximum atomic E-state index is 12.4. The zero-order valence-corrected chi connectivity index (χ0v) is 19.1. The molecule has 2 rings (SSSR count). The summed E-state index contributed by atoms with van der Waals surface area (Å²) in [6, 6.07) is 10.2. The topological polar surface area (TPSA) is 51.2 Å². The molecule has 1 N–H and O–H groups in total. The Balaban J connectivity index is 0.00000420. The number of nitrogens with one attached hydrogen (secondary N) is 1. The Morgan fingerprint density at radius 3 is 2.34 bits per heavy atom. The maximum absolute atomic E-state index is 12.4. The number of alkyl halides is 3. The number of rotatable bonds is 6. The molecule has 1 heterocycles. The Morgan fingerprint density at radius 1 is 1.17 bits per heavy atom. The van der Waals surface area contributed by atoms with Crippen LogP contribution in [0.15, 0.2) is 35.3 Å². The summed E-state index contributed by atoms with van der Waals surface area (Å²) in [7, 11) is 1.14. The molecule has 6 nitrogen and oxygen atoms in total. The first-order chi connectivity index (χ1) is 13.3. The molecule has 29 heavy (non-hydrogen) atoms. The molecule has 10 heteroatoms. The predicted molar refractivity (Wildman–Crippen MR) is 118 cm³/mol. The maximum Gasteiger partial charge on any atom is 0.406 e. The van der Waals surface area contributed by atoms with Crippen molar-refractivity contribution >= 4 is 35.8 Å². The molecule has 1 aliphatic heterocycles. The first-order valence-corrected chi connectivity index (χ1v) is 9.38. The normalized spacial score (nSPS) is 15.6. The predicted octanol–water partition coefficient (Wildman–Crippen LogP) is 2.41. The molecule has 1 aliphatic rings. The van der Waals surface area contributed by atoms with Crippen molar-refractivity contribution in [3.05, 3.63) is 35.9 Å². The lowest BCUT2D eigenvalue weighted by atomic mass is 10.2. The Labute approximate surface area is 187 Å². The number of hydrogen-bond donors (Lipinski definition) is 1. The first kappa shape index (κ1) is 25.5. The van der Waals surface area contributed by atoms with Gasteiger partial charge in [-0.05, 0) is 12.5 Å². The zero-order valence-electron chi connectivity index (χ0n) is 16.8. The summed E-state index contributed by atoms with van der Waals surface area (Å²) >= 11 is 0. The molecule has 0 unspecified atom stereocenters. The van der Waals surface area contributed by atoms with Gasteiger partial charge in [-0.3, -0.25) is 9.69 Å². The SMILES string of the molecule is CCNC(=NCC(=O)N(C)CC(F)(F)F)N1CCN(Cc2ccccc2)CC1.I.